The minimum atomic E-state index is -4.75. The molecule has 3 aromatic carbocycles. The van der Waals surface area contributed by atoms with Crippen LogP contribution in [0.25, 0.3) is 21.6 Å². The van der Waals surface area contributed by atoms with Crippen LogP contribution in [-0.2, 0) is 36.6 Å². The zero-order valence-corrected chi connectivity index (χ0v) is 42.9. The summed E-state index contributed by atoms with van der Waals surface area (Å²) in [5.74, 6) is -0.718. The number of carbonyl (C=O) groups is 4. The van der Waals surface area contributed by atoms with Gasteiger partial charge in [0.05, 0.1) is 46.0 Å². The maximum atomic E-state index is 14.1. The number of carbonyl (C=O) groups excluding carboxylic acids is 4. The van der Waals surface area contributed by atoms with Crippen molar-refractivity contribution in [3.63, 3.8) is 0 Å². The summed E-state index contributed by atoms with van der Waals surface area (Å²) in [4.78, 5) is 69.2. The van der Waals surface area contributed by atoms with Gasteiger partial charge in [-0.3, -0.25) is 19.2 Å². The van der Waals surface area contributed by atoms with Crippen molar-refractivity contribution < 1.29 is 42.2 Å². The topological polar surface area (TPSA) is 193 Å². The molecule has 5 aromatic rings. The van der Waals surface area contributed by atoms with E-state index >= 15 is 0 Å². The summed E-state index contributed by atoms with van der Waals surface area (Å²) in [6, 6.07) is 22.0. The minimum absolute atomic E-state index is 0.00777. The Balaban J connectivity index is 0.846. The molecule has 73 heavy (non-hydrogen) atoms. The molecule has 0 saturated carbocycles. The molecule has 386 valence electrons. The number of β-amino-alcohol motifs (C(OH)–C–C–N with tert-alkyl or cyclic N) is 1. The number of hydrogen-bond donors (Lipinski definition) is 4. The van der Waals surface area contributed by atoms with Crippen LogP contribution in [0.4, 0.5) is 30.4 Å². The number of alkyl halides is 3. The van der Waals surface area contributed by atoms with Gasteiger partial charge in [-0.2, -0.15) is 18.4 Å². The molecule has 2 fully saturated rings. The lowest BCUT2D eigenvalue weighted by atomic mass is 9.85. The Kier molecular flexibility index (Phi) is 16.6. The van der Waals surface area contributed by atoms with Crippen LogP contribution in [0.1, 0.15) is 76.3 Å². The highest BCUT2D eigenvalue weighted by molar-refractivity contribution is 7.13. The first-order valence-electron chi connectivity index (χ1n) is 24.1. The third kappa shape index (κ3) is 13.2. The van der Waals surface area contributed by atoms with E-state index in [1.807, 2.05) is 88.4 Å². The van der Waals surface area contributed by atoms with Gasteiger partial charge >= 0.3 is 6.18 Å². The number of halogens is 3. The number of anilines is 3. The molecule has 0 radical (unpaired) electrons. The molecule has 7 rings (SSSR count). The standard InChI is InChI=1S/C54H62F3N9O6S/c1-33-47(73-32-61-33)37-10-8-34(9-11-37)27-60-49(69)44-25-42(67)29-66(44)50(70)48(52(2,3)4)62-46(68)31-72-30-35-20-22-65(23-21-35)45-19-15-39(28-59-45)36-12-16-40(17-13-36)63-53(5,6)51(71)64(7)41-18-14-38(26-58)43(24-41)54(55,56)57/h8-19,24,28,32,35,42,44,48,63,67H,20-23,25,27,29-31H2,1-7H3,(H,60,69)(H,62,68)/t42-,44+,48?/m1/s1. The second kappa shape index (κ2) is 22.5. The lowest BCUT2D eigenvalue weighted by Gasteiger charge is -2.35. The lowest BCUT2D eigenvalue weighted by molar-refractivity contribution is -0.144. The molecule has 15 nitrogen and oxygen atoms in total. The van der Waals surface area contributed by atoms with Crippen molar-refractivity contribution in [2.75, 3.05) is 55.0 Å². The average molecular weight is 1020 g/mol. The molecule has 19 heteroatoms. The van der Waals surface area contributed by atoms with Crippen LogP contribution >= 0.6 is 11.3 Å². The van der Waals surface area contributed by atoms with Crippen molar-refractivity contribution >= 4 is 52.2 Å². The molecule has 2 aromatic heterocycles. The van der Waals surface area contributed by atoms with Crippen molar-refractivity contribution in [1.82, 2.24) is 25.5 Å². The Hall–Kier alpha value is -6.88. The van der Waals surface area contributed by atoms with E-state index in [1.54, 1.807) is 43.0 Å². The fraction of sp³-hybridized carbons (Fsp3) is 0.426. The number of pyridine rings is 1. The summed E-state index contributed by atoms with van der Waals surface area (Å²) in [5, 5.41) is 28.7. The number of aryl methyl sites for hydroxylation is 1. The molecule has 4 heterocycles. The number of nitriles is 1. The van der Waals surface area contributed by atoms with Crippen LogP contribution in [0, 0.1) is 29.6 Å². The number of aliphatic hydroxyl groups excluding tert-OH is 1. The van der Waals surface area contributed by atoms with Crippen LogP contribution in [0.5, 0.6) is 0 Å². The van der Waals surface area contributed by atoms with Gasteiger partial charge in [0.15, 0.2) is 0 Å². The number of aliphatic hydroxyl groups is 1. The maximum Gasteiger partial charge on any atom is 0.417 e. The smallest absolute Gasteiger partial charge is 0.391 e. The van der Waals surface area contributed by atoms with E-state index in [1.165, 1.54) is 18.0 Å². The molecular weight excluding hydrogens is 960 g/mol. The first-order chi connectivity index (χ1) is 34.5. The number of nitrogens with zero attached hydrogens (tertiary/aromatic N) is 6. The largest absolute Gasteiger partial charge is 0.417 e. The molecular formula is C54H62F3N9O6S. The molecule has 4 amide bonds. The predicted molar refractivity (Wildman–Crippen MR) is 274 cm³/mol. The second-order valence-electron chi connectivity index (χ2n) is 20.3. The second-order valence-corrected chi connectivity index (χ2v) is 21.2. The van der Waals surface area contributed by atoms with E-state index in [4.69, 9.17) is 15.0 Å². The number of aromatic nitrogens is 2. The molecule has 4 N–H and O–H groups in total. The van der Waals surface area contributed by atoms with E-state index in [0.29, 0.717) is 12.3 Å². The van der Waals surface area contributed by atoms with Crippen molar-refractivity contribution in [3.8, 4) is 27.6 Å². The van der Waals surface area contributed by atoms with E-state index < -0.39 is 64.2 Å². The zero-order valence-electron chi connectivity index (χ0n) is 42.0. The Bertz CT molecular complexity index is 2800. The minimum Gasteiger partial charge on any atom is -0.391 e. The highest BCUT2D eigenvalue weighted by Gasteiger charge is 2.45. The number of benzene rings is 3. The van der Waals surface area contributed by atoms with E-state index in [2.05, 4.69) is 25.8 Å². The number of hydrogen-bond acceptors (Lipinski definition) is 12. The highest BCUT2D eigenvalue weighted by atomic mass is 32.1. The van der Waals surface area contributed by atoms with Gasteiger partial charge in [-0.05, 0) is 104 Å². The van der Waals surface area contributed by atoms with Gasteiger partial charge in [0.2, 0.25) is 17.7 Å². The van der Waals surface area contributed by atoms with E-state index in [-0.39, 0.29) is 43.6 Å². The summed E-state index contributed by atoms with van der Waals surface area (Å²) in [6.45, 7) is 12.6. The molecule has 0 aliphatic carbocycles. The number of amides is 4. The average Bonchev–Trinajstić information content (AvgIpc) is 3.98. The first-order valence-corrected chi connectivity index (χ1v) is 25.0. The van der Waals surface area contributed by atoms with Gasteiger partial charge in [0.25, 0.3) is 5.91 Å². The fourth-order valence-corrected chi connectivity index (χ4v) is 9.96. The molecule has 2 saturated heterocycles. The molecule has 1 unspecified atom stereocenters. The maximum absolute atomic E-state index is 14.1. The van der Waals surface area contributed by atoms with Gasteiger partial charge < -0.3 is 40.5 Å². The Morgan fingerprint density at radius 1 is 0.932 bits per heavy atom. The number of likely N-dealkylation sites (tertiary alicyclic amines) is 1. The Morgan fingerprint density at radius 3 is 2.21 bits per heavy atom. The number of thiazole rings is 1. The number of rotatable bonds is 16. The summed E-state index contributed by atoms with van der Waals surface area (Å²) in [7, 11) is 1.39. The number of likely N-dealkylation sites (N-methyl/N-ethyl adjacent to an activating group) is 1. The Morgan fingerprint density at radius 2 is 1.60 bits per heavy atom. The van der Waals surface area contributed by atoms with E-state index in [0.717, 1.165) is 81.6 Å². The molecule has 0 bridgehead atoms. The van der Waals surface area contributed by atoms with Crippen molar-refractivity contribution in [2.24, 2.45) is 11.3 Å². The van der Waals surface area contributed by atoms with Crippen LogP contribution in [0.2, 0.25) is 0 Å². The molecule has 2 aliphatic rings. The zero-order chi connectivity index (χ0) is 52.8. The van der Waals surface area contributed by atoms with E-state index in [9.17, 15) is 37.5 Å². The third-order valence-corrected chi connectivity index (χ3v) is 14.3. The van der Waals surface area contributed by atoms with Gasteiger partial charge in [0.1, 0.15) is 30.0 Å². The van der Waals surface area contributed by atoms with Crippen LogP contribution in [0.15, 0.2) is 90.6 Å². The summed E-state index contributed by atoms with van der Waals surface area (Å²) in [6.07, 6.45) is -2.12. The number of piperidine rings is 1. The van der Waals surface area contributed by atoms with Gasteiger partial charge in [0, 0.05) is 62.8 Å². The molecule has 3 atom stereocenters. The monoisotopic (exact) mass is 1020 g/mol. The van der Waals surface area contributed by atoms with Crippen LogP contribution < -0.4 is 25.8 Å². The quantitative estimate of drug-likeness (QED) is 0.0750. The first kappa shape index (κ1) is 53.9. The van der Waals surface area contributed by atoms with Crippen LogP contribution in [0.3, 0.4) is 0 Å². The SMILES string of the molecule is Cc1ncsc1-c1ccc(CNC(=O)[C@@H]2C[C@@H](O)CN2C(=O)C(NC(=O)COCC2CCN(c3ccc(-c4ccc(NC(C)(C)C(=O)N(C)c5ccc(C#N)c(C(F)(F)F)c5)cc4)cn3)CC2)C(C)(C)C)cc1. The third-order valence-electron chi connectivity index (χ3n) is 13.3. The van der Waals surface area contributed by atoms with Gasteiger partial charge in [-0.1, -0.05) is 57.2 Å². The van der Waals surface area contributed by atoms with Crippen molar-refractivity contribution in [3.05, 3.63) is 113 Å². The van der Waals surface area contributed by atoms with Crippen molar-refractivity contribution in [2.45, 2.75) is 97.3 Å². The summed E-state index contributed by atoms with van der Waals surface area (Å²) in [5.41, 5.74) is 3.54. The Labute approximate surface area is 427 Å². The summed E-state index contributed by atoms with van der Waals surface area (Å²) < 4.78 is 46.7. The normalized spacial score (nSPS) is 16.9. The molecule has 0 spiro atoms. The molecule has 2 aliphatic heterocycles. The number of ether oxygens (including phenoxy) is 1. The van der Waals surface area contributed by atoms with Gasteiger partial charge in [-0.15, -0.1) is 11.3 Å². The number of nitrogens with one attached hydrogen (secondary N) is 3. The lowest BCUT2D eigenvalue weighted by Crippen LogP contribution is -2.58. The predicted octanol–water partition coefficient (Wildman–Crippen LogP) is 7.97. The highest BCUT2D eigenvalue weighted by Crippen LogP contribution is 2.36. The van der Waals surface area contributed by atoms with Crippen LogP contribution in [-0.4, -0.2) is 107 Å². The fourth-order valence-electron chi connectivity index (χ4n) is 9.14. The van der Waals surface area contributed by atoms with Gasteiger partial charge in [-0.25, -0.2) is 9.97 Å². The summed E-state index contributed by atoms with van der Waals surface area (Å²) >= 11 is 1.56. The van der Waals surface area contributed by atoms with Crippen molar-refractivity contribution in [1.29, 1.82) is 5.26 Å².